The first-order chi connectivity index (χ1) is 11.6. The number of thioether (sulfide) groups is 1. The number of aromatic hydroxyl groups is 1. The third-order valence-corrected chi connectivity index (χ3v) is 4.05. The molecule has 0 unspecified atom stereocenters. The zero-order chi connectivity index (χ0) is 16.9. The normalized spacial score (nSPS) is 11.2. The Kier molecular flexibility index (Phi) is 5.02. The molecule has 1 aromatic heterocycles. The minimum absolute atomic E-state index is 0.0262. The molecule has 0 atom stereocenters. The lowest BCUT2D eigenvalue weighted by molar-refractivity contribution is -0.118. The van der Waals surface area contributed by atoms with E-state index in [1.165, 1.54) is 24.0 Å². The molecule has 122 valence electrons. The number of benzene rings is 2. The molecule has 1 heterocycles. The third-order valence-electron chi connectivity index (χ3n) is 2.98. The number of hydrazone groups is 1. The molecule has 1 amide bonds. The monoisotopic (exact) mass is 361 g/mol. The number of hydrogen-bond donors (Lipinski definition) is 2. The predicted octanol–water partition coefficient (Wildman–Crippen LogP) is 3.43. The summed E-state index contributed by atoms with van der Waals surface area (Å²) in [6, 6.07) is 11.9. The number of rotatable bonds is 5. The molecule has 24 heavy (non-hydrogen) atoms. The minimum atomic E-state index is -0.319. The standard InChI is InChI=1S/C16H12ClN3O3S/c17-11-5-6-13(21)10(7-11)8-18-20-15(22)9-24-16-19-12-3-1-2-4-14(12)23-16/h1-8,21H,9H2,(H,20,22). The van der Waals surface area contributed by atoms with Gasteiger partial charge in [-0.2, -0.15) is 5.10 Å². The molecule has 0 aliphatic rings. The Hall–Kier alpha value is -2.51. The molecule has 0 spiro atoms. The number of nitrogens with zero attached hydrogens (tertiary/aromatic N) is 2. The average Bonchev–Trinajstić information content (AvgIpc) is 2.99. The fourth-order valence-corrected chi connectivity index (χ4v) is 2.69. The van der Waals surface area contributed by atoms with Crippen LogP contribution in [0.5, 0.6) is 5.75 Å². The molecule has 3 rings (SSSR count). The van der Waals surface area contributed by atoms with Gasteiger partial charge >= 0.3 is 0 Å². The number of carbonyl (C=O) groups excluding carboxylic acids is 1. The molecule has 0 aliphatic carbocycles. The second kappa shape index (κ2) is 7.37. The van der Waals surface area contributed by atoms with E-state index in [1.54, 1.807) is 12.1 Å². The summed E-state index contributed by atoms with van der Waals surface area (Å²) in [5.41, 5.74) is 4.20. The molecular weight excluding hydrogens is 350 g/mol. The summed E-state index contributed by atoms with van der Waals surface area (Å²) in [6.45, 7) is 0. The van der Waals surface area contributed by atoms with Crippen molar-refractivity contribution in [3.8, 4) is 5.75 Å². The molecule has 0 fully saturated rings. The van der Waals surface area contributed by atoms with Gasteiger partial charge < -0.3 is 9.52 Å². The summed E-state index contributed by atoms with van der Waals surface area (Å²) in [6.07, 6.45) is 1.32. The molecule has 6 nitrogen and oxygen atoms in total. The van der Waals surface area contributed by atoms with Gasteiger partial charge in [-0.15, -0.1) is 0 Å². The Morgan fingerprint density at radius 1 is 1.38 bits per heavy atom. The third kappa shape index (κ3) is 4.06. The van der Waals surface area contributed by atoms with Crippen LogP contribution >= 0.6 is 23.4 Å². The first-order valence-corrected chi connectivity index (χ1v) is 8.27. The van der Waals surface area contributed by atoms with Crippen molar-refractivity contribution in [3.05, 3.63) is 53.1 Å². The van der Waals surface area contributed by atoms with Crippen LogP contribution in [0.3, 0.4) is 0 Å². The Morgan fingerprint density at radius 3 is 3.04 bits per heavy atom. The maximum Gasteiger partial charge on any atom is 0.257 e. The molecule has 2 aromatic carbocycles. The van der Waals surface area contributed by atoms with Crippen LogP contribution in [0.1, 0.15) is 5.56 Å². The van der Waals surface area contributed by atoms with Crippen LogP contribution in [0, 0.1) is 0 Å². The Labute approximate surface area is 146 Å². The van der Waals surface area contributed by atoms with Gasteiger partial charge in [0.05, 0.1) is 12.0 Å². The van der Waals surface area contributed by atoms with Gasteiger partial charge in [-0.3, -0.25) is 4.79 Å². The van der Waals surface area contributed by atoms with E-state index >= 15 is 0 Å². The van der Waals surface area contributed by atoms with E-state index in [1.807, 2.05) is 24.3 Å². The number of amides is 1. The molecule has 0 radical (unpaired) electrons. The quantitative estimate of drug-likeness (QED) is 0.413. The van der Waals surface area contributed by atoms with Crippen LogP contribution in [0.25, 0.3) is 11.1 Å². The first kappa shape index (κ1) is 16.4. The second-order valence-corrected chi connectivity index (χ2v) is 6.10. The van der Waals surface area contributed by atoms with Crippen molar-refractivity contribution in [2.45, 2.75) is 5.22 Å². The molecule has 3 aromatic rings. The van der Waals surface area contributed by atoms with Crippen LogP contribution in [-0.2, 0) is 4.79 Å². The lowest BCUT2D eigenvalue weighted by Gasteiger charge is -2.00. The number of aromatic nitrogens is 1. The average molecular weight is 362 g/mol. The maximum absolute atomic E-state index is 11.8. The van der Waals surface area contributed by atoms with Crippen LogP contribution < -0.4 is 5.43 Å². The number of fused-ring (bicyclic) bond motifs is 1. The SMILES string of the molecule is O=C(CSc1nc2ccccc2o1)NN=Cc1cc(Cl)ccc1O. The zero-order valence-corrected chi connectivity index (χ0v) is 13.8. The topological polar surface area (TPSA) is 87.7 Å². The summed E-state index contributed by atoms with van der Waals surface area (Å²) < 4.78 is 5.51. The lowest BCUT2D eigenvalue weighted by atomic mass is 10.2. The molecule has 0 saturated carbocycles. The molecular formula is C16H12ClN3O3S. The molecule has 0 bridgehead atoms. The van der Waals surface area contributed by atoms with Crippen molar-refractivity contribution in [1.82, 2.24) is 10.4 Å². The van der Waals surface area contributed by atoms with Gasteiger partial charge in [0.2, 0.25) is 0 Å². The van der Waals surface area contributed by atoms with Crippen molar-refractivity contribution >= 4 is 46.6 Å². The zero-order valence-electron chi connectivity index (χ0n) is 12.3. The number of oxazole rings is 1. The molecule has 0 aliphatic heterocycles. The molecule has 8 heteroatoms. The fraction of sp³-hybridized carbons (Fsp3) is 0.0625. The van der Waals surface area contributed by atoms with Crippen molar-refractivity contribution < 1.29 is 14.3 Å². The molecule has 2 N–H and O–H groups in total. The largest absolute Gasteiger partial charge is 0.507 e. The van der Waals surface area contributed by atoms with E-state index in [0.717, 1.165) is 5.52 Å². The van der Waals surface area contributed by atoms with Gasteiger partial charge in [0.25, 0.3) is 11.1 Å². The van der Waals surface area contributed by atoms with E-state index in [-0.39, 0.29) is 17.4 Å². The van der Waals surface area contributed by atoms with Crippen LogP contribution in [0.4, 0.5) is 0 Å². The highest BCUT2D eigenvalue weighted by Gasteiger charge is 2.08. The van der Waals surface area contributed by atoms with Crippen molar-refractivity contribution in [1.29, 1.82) is 0 Å². The highest BCUT2D eigenvalue weighted by molar-refractivity contribution is 7.99. The van der Waals surface area contributed by atoms with Gasteiger partial charge in [0.1, 0.15) is 11.3 Å². The lowest BCUT2D eigenvalue weighted by Crippen LogP contribution is -2.19. The number of phenolic OH excluding ortho intramolecular Hbond substituents is 1. The van der Waals surface area contributed by atoms with Gasteiger partial charge in [0, 0.05) is 10.6 Å². The Balaban J connectivity index is 1.54. The smallest absolute Gasteiger partial charge is 0.257 e. The summed E-state index contributed by atoms with van der Waals surface area (Å²) in [7, 11) is 0. The maximum atomic E-state index is 11.8. The minimum Gasteiger partial charge on any atom is -0.507 e. The summed E-state index contributed by atoms with van der Waals surface area (Å²) >= 11 is 7.00. The van der Waals surface area contributed by atoms with E-state index < -0.39 is 0 Å². The Bertz CT molecular complexity index is 877. The van der Waals surface area contributed by atoms with Crippen LogP contribution in [0.2, 0.25) is 5.02 Å². The number of hydrogen-bond acceptors (Lipinski definition) is 6. The van der Waals surface area contributed by atoms with Gasteiger partial charge in [-0.25, -0.2) is 10.4 Å². The van der Waals surface area contributed by atoms with Crippen molar-refractivity contribution in [3.63, 3.8) is 0 Å². The predicted molar refractivity (Wildman–Crippen MR) is 93.6 cm³/mol. The van der Waals surface area contributed by atoms with Crippen LogP contribution in [0.15, 0.2) is 57.2 Å². The summed E-state index contributed by atoms with van der Waals surface area (Å²) in [4.78, 5) is 16.0. The van der Waals surface area contributed by atoms with Gasteiger partial charge in [0.15, 0.2) is 5.58 Å². The fourth-order valence-electron chi connectivity index (χ4n) is 1.87. The van der Waals surface area contributed by atoms with Gasteiger partial charge in [-0.05, 0) is 30.3 Å². The number of nitrogens with one attached hydrogen (secondary N) is 1. The number of halogens is 1. The van der Waals surface area contributed by atoms with Crippen molar-refractivity contribution in [2.75, 3.05) is 5.75 Å². The van der Waals surface area contributed by atoms with E-state index in [9.17, 15) is 9.90 Å². The van der Waals surface area contributed by atoms with E-state index in [0.29, 0.717) is 21.4 Å². The molecule has 0 saturated heterocycles. The highest BCUT2D eigenvalue weighted by Crippen LogP contribution is 2.23. The summed E-state index contributed by atoms with van der Waals surface area (Å²) in [5.74, 6) is -0.190. The van der Waals surface area contributed by atoms with Crippen molar-refractivity contribution in [2.24, 2.45) is 5.10 Å². The van der Waals surface area contributed by atoms with E-state index in [2.05, 4.69) is 15.5 Å². The summed E-state index contributed by atoms with van der Waals surface area (Å²) in [5, 5.41) is 14.3. The van der Waals surface area contributed by atoms with Crippen LogP contribution in [-0.4, -0.2) is 28.0 Å². The first-order valence-electron chi connectivity index (χ1n) is 6.90. The number of phenols is 1. The Morgan fingerprint density at radius 2 is 2.21 bits per heavy atom. The van der Waals surface area contributed by atoms with Gasteiger partial charge in [-0.1, -0.05) is 35.5 Å². The second-order valence-electron chi connectivity index (χ2n) is 4.73. The number of carbonyl (C=O) groups is 1. The highest BCUT2D eigenvalue weighted by atomic mass is 35.5. The number of para-hydroxylation sites is 2. The van der Waals surface area contributed by atoms with E-state index in [4.69, 9.17) is 16.0 Å².